The van der Waals surface area contributed by atoms with Crippen LogP contribution in [0.25, 0.3) is 0 Å². The number of nitrogens with zero attached hydrogens (tertiary/aromatic N) is 3. The molecule has 2 saturated heterocycles. The zero-order valence-electron chi connectivity index (χ0n) is 16.8. The lowest BCUT2D eigenvalue weighted by Crippen LogP contribution is -2.50. The molecular weight excluding hydrogens is 340 g/mol. The van der Waals surface area contributed by atoms with Crippen molar-refractivity contribution in [3.05, 3.63) is 30.3 Å². The maximum absolute atomic E-state index is 6.10. The first-order chi connectivity index (χ1) is 13.3. The molecule has 0 aliphatic carbocycles. The van der Waals surface area contributed by atoms with Crippen LogP contribution in [0.5, 0.6) is 5.75 Å². The number of nitrogens with one attached hydrogen (secondary N) is 1. The SMILES string of the molecule is CN=C(NCC1CCCN1CCOC)N1CCC(Oc2ccccc2)CC1. The molecule has 1 unspecified atom stereocenters. The first-order valence-electron chi connectivity index (χ1n) is 10.2. The van der Waals surface area contributed by atoms with Crippen LogP contribution in [0.4, 0.5) is 0 Å². The number of ether oxygens (including phenoxy) is 2. The average Bonchev–Trinajstić information content (AvgIpc) is 3.16. The Morgan fingerprint density at radius 3 is 2.63 bits per heavy atom. The van der Waals surface area contributed by atoms with Gasteiger partial charge in [-0.1, -0.05) is 18.2 Å². The van der Waals surface area contributed by atoms with E-state index >= 15 is 0 Å². The van der Waals surface area contributed by atoms with Crippen LogP contribution in [0, 0.1) is 0 Å². The fraction of sp³-hybridized carbons (Fsp3) is 0.667. The molecule has 150 valence electrons. The van der Waals surface area contributed by atoms with E-state index in [1.54, 1.807) is 7.11 Å². The van der Waals surface area contributed by atoms with E-state index in [4.69, 9.17) is 9.47 Å². The number of hydrogen-bond donors (Lipinski definition) is 1. The molecule has 3 rings (SSSR count). The summed E-state index contributed by atoms with van der Waals surface area (Å²) < 4.78 is 11.3. The second-order valence-corrected chi connectivity index (χ2v) is 7.37. The third kappa shape index (κ3) is 5.84. The zero-order chi connectivity index (χ0) is 18.9. The number of hydrogen-bond acceptors (Lipinski definition) is 4. The Hall–Kier alpha value is -1.79. The van der Waals surface area contributed by atoms with E-state index in [0.29, 0.717) is 12.1 Å². The van der Waals surface area contributed by atoms with Gasteiger partial charge in [0.05, 0.1) is 6.61 Å². The van der Waals surface area contributed by atoms with Crippen LogP contribution in [-0.2, 0) is 4.74 Å². The topological polar surface area (TPSA) is 49.3 Å². The van der Waals surface area contributed by atoms with Crippen molar-refractivity contribution in [3.8, 4) is 5.75 Å². The molecule has 0 spiro atoms. The van der Waals surface area contributed by atoms with E-state index in [9.17, 15) is 0 Å². The number of benzene rings is 1. The van der Waals surface area contributed by atoms with Gasteiger partial charge in [-0.05, 0) is 31.5 Å². The Morgan fingerprint density at radius 2 is 1.93 bits per heavy atom. The van der Waals surface area contributed by atoms with Gasteiger partial charge >= 0.3 is 0 Å². The first-order valence-corrected chi connectivity index (χ1v) is 10.2. The predicted octanol–water partition coefficient (Wildman–Crippen LogP) is 2.22. The summed E-state index contributed by atoms with van der Waals surface area (Å²) in [4.78, 5) is 9.41. The molecule has 0 saturated carbocycles. The van der Waals surface area contributed by atoms with Crippen LogP contribution in [-0.4, -0.2) is 81.4 Å². The molecule has 0 aromatic heterocycles. The molecular formula is C21H34N4O2. The van der Waals surface area contributed by atoms with E-state index < -0.39 is 0 Å². The van der Waals surface area contributed by atoms with Gasteiger partial charge in [0.15, 0.2) is 5.96 Å². The highest BCUT2D eigenvalue weighted by Gasteiger charge is 2.26. The number of likely N-dealkylation sites (tertiary alicyclic amines) is 2. The molecule has 0 amide bonds. The van der Waals surface area contributed by atoms with Crippen LogP contribution in [0.1, 0.15) is 25.7 Å². The molecule has 1 N–H and O–H groups in total. The summed E-state index contributed by atoms with van der Waals surface area (Å²) in [6, 6.07) is 10.7. The Balaban J connectivity index is 1.42. The van der Waals surface area contributed by atoms with Gasteiger partial charge in [-0.2, -0.15) is 0 Å². The summed E-state index contributed by atoms with van der Waals surface area (Å²) in [5.74, 6) is 1.99. The van der Waals surface area contributed by atoms with Gasteiger partial charge in [0.25, 0.3) is 0 Å². The van der Waals surface area contributed by atoms with Crippen LogP contribution >= 0.6 is 0 Å². The number of rotatable bonds is 7. The lowest BCUT2D eigenvalue weighted by Gasteiger charge is -2.35. The smallest absolute Gasteiger partial charge is 0.193 e. The maximum Gasteiger partial charge on any atom is 0.193 e. The minimum absolute atomic E-state index is 0.293. The predicted molar refractivity (Wildman–Crippen MR) is 109 cm³/mol. The number of guanidine groups is 1. The molecule has 6 heteroatoms. The number of aliphatic imine (C=N–C) groups is 1. The molecule has 1 aromatic rings. The minimum atomic E-state index is 0.293. The summed E-state index contributed by atoms with van der Waals surface area (Å²) >= 11 is 0. The van der Waals surface area contributed by atoms with Crippen LogP contribution in [0.15, 0.2) is 35.3 Å². The van der Waals surface area contributed by atoms with Crippen LogP contribution in [0.3, 0.4) is 0 Å². The van der Waals surface area contributed by atoms with Crippen molar-refractivity contribution in [2.24, 2.45) is 4.99 Å². The number of methoxy groups -OCH3 is 1. The quantitative estimate of drug-likeness (QED) is 0.586. The van der Waals surface area contributed by atoms with Crippen molar-refractivity contribution < 1.29 is 9.47 Å². The third-order valence-corrected chi connectivity index (χ3v) is 5.58. The van der Waals surface area contributed by atoms with Crippen LogP contribution < -0.4 is 10.1 Å². The molecule has 2 aliphatic heterocycles. The third-order valence-electron chi connectivity index (χ3n) is 5.58. The van der Waals surface area contributed by atoms with E-state index in [0.717, 1.165) is 57.3 Å². The monoisotopic (exact) mass is 374 g/mol. The molecule has 27 heavy (non-hydrogen) atoms. The van der Waals surface area contributed by atoms with Gasteiger partial charge in [0.2, 0.25) is 0 Å². The molecule has 2 aliphatic rings. The van der Waals surface area contributed by atoms with Gasteiger partial charge in [-0.25, -0.2) is 0 Å². The van der Waals surface area contributed by atoms with Gasteiger partial charge in [0.1, 0.15) is 11.9 Å². The molecule has 2 fully saturated rings. The highest BCUT2D eigenvalue weighted by atomic mass is 16.5. The summed E-state index contributed by atoms with van der Waals surface area (Å²) in [5.41, 5.74) is 0. The summed E-state index contributed by atoms with van der Waals surface area (Å²) in [7, 11) is 3.66. The normalized spacial score (nSPS) is 22.2. The maximum atomic E-state index is 6.10. The number of para-hydroxylation sites is 1. The number of piperidine rings is 1. The van der Waals surface area contributed by atoms with Crippen molar-refractivity contribution >= 4 is 5.96 Å². The lowest BCUT2D eigenvalue weighted by atomic mass is 10.1. The van der Waals surface area contributed by atoms with Gasteiger partial charge in [0, 0.05) is 59.2 Å². The van der Waals surface area contributed by atoms with E-state index in [1.165, 1.54) is 19.4 Å². The molecule has 1 atom stereocenters. The standard InChI is InChI=1S/C21H34N4O2/c1-22-21(23-17-18-7-6-12-24(18)15-16-26-2)25-13-10-20(11-14-25)27-19-8-4-3-5-9-19/h3-5,8-9,18,20H,6-7,10-17H2,1-2H3,(H,22,23). The van der Waals surface area contributed by atoms with Crippen molar-refractivity contribution in [1.82, 2.24) is 15.1 Å². The molecule has 6 nitrogen and oxygen atoms in total. The minimum Gasteiger partial charge on any atom is -0.490 e. The fourth-order valence-electron chi connectivity index (χ4n) is 4.05. The van der Waals surface area contributed by atoms with E-state index in [-0.39, 0.29) is 0 Å². The van der Waals surface area contributed by atoms with Gasteiger partial charge < -0.3 is 19.7 Å². The van der Waals surface area contributed by atoms with Crippen molar-refractivity contribution in [2.75, 3.05) is 53.5 Å². The summed E-state index contributed by atoms with van der Waals surface area (Å²) in [6.45, 7) is 5.92. The van der Waals surface area contributed by atoms with Crippen LogP contribution in [0.2, 0.25) is 0 Å². The molecule has 2 heterocycles. The van der Waals surface area contributed by atoms with E-state index in [1.807, 2.05) is 37.4 Å². The highest BCUT2D eigenvalue weighted by molar-refractivity contribution is 5.80. The van der Waals surface area contributed by atoms with Gasteiger partial charge in [-0.15, -0.1) is 0 Å². The lowest BCUT2D eigenvalue weighted by molar-refractivity contribution is 0.128. The Morgan fingerprint density at radius 1 is 1.15 bits per heavy atom. The largest absolute Gasteiger partial charge is 0.490 e. The first kappa shape index (κ1) is 20.0. The molecule has 1 aromatic carbocycles. The van der Waals surface area contributed by atoms with Crippen molar-refractivity contribution in [1.29, 1.82) is 0 Å². The molecule has 0 bridgehead atoms. The average molecular weight is 375 g/mol. The van der Waals surface area contributed by atoms with Gasteiger partial charge in [-0.3, -0.25) is 9.89 Å². The van der Waals surface area contributed by atoms with E-state index in [2.05, 4.69) is 20.1 Å². The van der Waals surface area contributed by atoms with Crippen molar-refractivity contribution in [3.63, 3.8) is 0 Å². The Bertz CT molecular complexity index is 573. The van der Waals surface area contributed by atoms with Crippen molar-refractivity contribution in [2.45, 2.75) is 37.8 Å². The highest BCUT2D eigenvalue weighted by Crippen LogP contribution is 2.19. The Labute approximate surface area is 163 Å². The Kier molecular flexibility index (Phi) is 7.78. The fourth-order valence-corrected chi connectivity index (χ4v) is 4.05. The summed E-state index contributed by atoms with van der Waals surface area (Å²) in [5, 5.41) is 3.60. The molecule has 0 radical (unpaired) electrons. The zero-order valence-corrected chi connectivity index (χ0v) is 16.8. The second-order valence-electron chi connectivity index (χ2n) is 7.37. The second kappa shape index (κ2) is 10.5. The summed E-state index contributed by atoms with van der Waals surface area (Å²) in [6.07, 6.45) is 4.87.